The number of hydrogen-bond acceptors (Lipinski definition) is 3. The Bertz CT molecular complexity index is 438. The van der Waals surface area contributed by atoms with E-state index in [4.69, 9.17) is 15.7 Å². The standard InChI is InChI=1S/C15H21N3/c16-15(7-1-2-8-15)14-17-12(10-3-4-10)9-13(18-14)11-5-6-11/h9-11H,1-8,16H2. The van der Waals surface area contributed by atoms with E-state index in [1.807, 2.05) is 0 Å². The average molecular weight is 243 g/mol. The molecule has 0 unspecified atom stereocenters. The minimum atomic E-state index is -0.228. The predicted octanol–water partition coefficient (Wildman–Crippen LogP) is 2.96. The molecule has 3 nitrogen and oxygen atoms in total. The van der Waals surface area contributed by atoms with Gasteiger partial charge in [0.1, 0.15) is 5.82 Å². The summed E-state index contributed by atoms with van der Waals surface area (Å²) in [7, 11) is 0. The van der Waals surface area contributed by atoms with Crippen LogP contribution in [-0.4, -0.2) is 9.97 Å². The first-order chi connectivity index (χ1) is 8.74. The van der Waals surface area contributed by atoms with Crippen molar-refractivity contribution in [1.82, 2.24) is 9.97 Å². The highest BCUT2D eigenvalue weighted by Crippen LogP contribution is 2.45. The third-order valence-electron chi connectivity index (χ3n) is 4.70. The number of nitrogens with zero attached hydrogens (tertiary/aromatic N) is 2. The lowest BCUT2D eigenvalue weighted by Gasteiger charge is -2.23. The third kappa shape index (κ3) is 1.85. The minimum absolute atomic E-state index is 0.228. The van der Waals surface area contributed by atoms with Crippen LogP contribution >= 0.6 is 0 Å². The van der Waals surface area contributed by atoms with Crippen molar-refractivity contribution < 1.29 is 0 Å². The molecule has 0 bridgehead atoms. The zero-order valence-electron chi connectivity index (χ0n) is 10.9. The molecular weight excluding hydrogens is 222 g/mol. The van der Waals surface area contributed by atoms with Gasteiger partial charge in [-0.25, -0.2) is 9.97 Å². The van der Waals surface area contributed by atoms with Crippen molar-refractivity contribution in [1.29, 1.82) is 0 Å². The van der Waals surface area contributed by atoms with Gasteiger partial charge in [0.15, 0.2) is 0 Å². The van der Waals surface area contributed by atoms with Crippen LogP contribution in [0.15, 0.2) is 6.07 Å². The zero-order valence-corrected chi connectivity index (χ0v) is 10.9. The molecule has 2 N–H and O–H groups in total. The fraction of sp³-hybridized carbons (Fsp3) is 0.733. The number of hydrogen-bond donors (Lipinski definition) is 1. The Morgan fingerprint density at radius 2 is 1.44 bits per heavy atom. The Hall–Kier alpha value is -0.960. The SMILES string of the molecule is NC1(c2nc(C3CC3)cc(C3CC3)n2)CCCC1. The molecule has 0 aliphatic heterocycles. The molecule has 0 amide bonds. The second-order valence-electron chi connectivity index (χ2n) is 6.45. The van der Waals surface area contributed by atoms with E-state index in [2.05, 4.69) is 6.07 Å². The van der Waals surface area contributed by atoms with Gasteiger partial charge in [-0.05, 0) is 44.6 Å². The Kier molecular flexibility index (Phi) is 2.28. The van der Waals surface area contributed by atoms with Crippen LogP contribution < -0.4 is 5.73 Å². The van der Waals surface area contributed by atoms with E-state index in [0.29, 0.717) is 11.8 Å². The molecule has 0 radical (unpaired) electrons. The van der Waals surface area contributed by atoms with E-state index in [-0.39, 0.29) is 5.54 Å². The Balaban J connectivity index is 1.76. The maximum Gasteiger partial charge on any atom is 0.148 e. The lowest BCUT2D eigenvalue weighted by molar-refractivity contribution is 0.427. The van der Waals surface area contributed by atoms with Crippen LogP contribution in [0.25, 0.3) is 0 Å². The van der Waals surface area contributed by atoms with E-state index in [1.165, 1.54) is 49.9 Å². The summed E-state index contributed by atoms with van der Waals surface area (Å²) < 4.78 is 0. The summed E-state index contributed by atoms with van der Waals surface area (Å²) in [6.45, 7) is 0. The molecule has 3 saturated carbocycles. The Morgan fingerprint density at radius 3 is 1.89 bits per heavy atom. The van der Waals surface area contributed by atoms with Crippen molar-refractivity contribution in [3.63, 3.8) is 0 Å². The highest BCUT2D eigenvalue weighted by Gasteiger charge is 2.37. The van der Waals surface area contributed by atoms with Crippen LogP contribution in [-0.2, 0) is 5.54 Å². The van der Waals surface area contributed by atoms with Gasteiger partial charge in [0.05, 0.1) is 5.54 Å². The van der Waals surface area contributed by atoms with Crippen LogP contribution in [0.1, 0.15) is 80.4 Å². The van der Waals surface area contributed by atoms with Crippen LogP contribution in [0, 0.1) is 0 Å². The molecule has 1 aromatic rings. The summed E-state index contributed by atoms with van der Waals surface area (Å²) in [4.78, 5) is 9.65. The van der Waals surface area contributed by atoms with Gasteiger partial charge < -0.3 is 5.73 Å². The van der Waals surface area contributed by atoms with Crippen molar-refractivity contribution in [3.8, 4) is 0 Å². The summed E-state index contributed by atoms with van der Waals surface area (Å²) in [5.41, 5.74) is 8.86. The normalized spacial score (nSPS) is 26.5. The summed E-state index contributed by atoms with van der Waals surface area (Å²) in [6.07, 6.45) is 9.79. The second kappa shape index (κ2) is 3.77. The van der Waals surface area contributed by atoms with E-state index >= 15 is 0 Å². The van der Waals surface area contributed by atoms with Crippen molar-refractivity contribution in [2.45, 2.75) is 68.7 Å². The van der Waals surface area contributed by atoms with Gasteiger partial charge in [-0.3, -0.25) is 0 Å². The van der Waals surface area contributed by atoms with Crippen molar-refractivity contribution in [2.75, 3.05) is 0 Å². The van der Waals surface area contributed by atoms with Gasteiger partial charge in [0.2, 0.25) is 0 Å². The molecule has 3 aliphatic carbocycles. The van der Waals surface area contributed by atoms with Crippen LogP contribution in [0.5, 0.6) is 0 Å². The monoisotopic (exact) mass is 243 g/mol. The maximum absolute atomic E-state index is 6.53. The molecule has 1 heterocycles. The van der Waals surface area contributed by atoms with Crippen molar-refractivity contribution >= 4 is 0 Å². The minimum Gasteiger partial charge on any atom is -0.319 e. The maximum atomic E-state index is 6.53. The lowest BCUT2D eigenvalue weighted by atomic mass is 9.97. The third-order valence-corrected chi connectivity index (χ3v) is 4.70. The van der Waals surface area contributed by atoms with Crippen molar-refractivity contribution in [3.05, 3.63) is 23.3 Å². The Morgan fingerprint density at radius 1 is 0.944 bits per heavy atom. The highest BCUT2D eigenvalue weighted by atomic mass is 15.0. The fourth-order valence-electron chi connectivity index (χ4n) is 3.11. The fourth-order valence-corrected chi connectivity index (χ4v) is 3.11. The van der Waals surface area contributed by atoms with Gasteiger partial charge in [-0.15, -0.1) is 0 Å². The Labute approximate surface area is 108 Å². The number of nitrogens with two attached hydrogens (primary N) is 1. The van der Waals surface area contributed by atoms with Gasteiger partial charge in [0.25, 0.3) is 0 Å². The lowest BCUT2D eigenvalue weighted by Crippen LogP contribution is -2.36. The second-order valence-corrected chi connectivity index (χ2v) is 6.45. The van der Waals surface area contributed by atoms with Gasteiger partial charge in [-0.2, -0.15) is 0 Å². The molecule has 96 valence electrons. The molecule has 0 spiro atoms. The van der Waals surface area contributed by atoms with E-state index in [0.717, 1.165) is 18.7 Å². The highest BCUT2D eigenvalue weighted by molar-refractivity contribution is 5.26. The summed E-state index contributed by atoms with van der Waals surface area (Å²) in [5.74, 6) is 2.36. The van der Waals surface area contributed by atoms with E-state index < -0.39 is 0 Å². The van der Waals surface area contributed by atoms with E-state index in [1.54, 1.807) is 0 Å². The van der Waals surface area contributed by atoms with Gasteiger partial charge >= 0.3 is 0 Å². The topological polar surface area (TPSA) is 51.8 Å². The molecule has 3 heteroatoms. The average Bonchev–Trinajstić information content (AvgIpc) is 3.27. The first-order valence-electron chi connectivity index (χ1n) is 7.43. The summed E-state index contributed by atoms with van der Waals surface area (Å²) in [5, 5.41) is 0. The van der Waals surface area contributed by atoms with Gasteiger partial charge in [0, 0.05) is 23.2 Å². The van der Waals surface area contributed by atoms with Gasteiger partial charge in [-0.1, -0.05) is 12.8 Å². The molecule has 3 fully saturated rings. The summed E-state index contributed by atoms with van der Waals surface area (Å²) >= 11 is 0. The number of rotatable bonds is 3. The largest absolute Gasteiger partial charge is 0.319 e. The molecular formula is C15H21N3. The zero-order chi connectivity index (χ0) is 12.2. The first kappa shape index (κ1) is 10.9. The first-order valence-corrected chi connectivity index (χ1v) is 7.43. The quantitative estimate of drug-likeness (QED) is 0.888. The van der Waals surface area contributed by atoms with Crippen molar-refractivity contribution in [2.24, 2.45) is 5.73 Å². The predicted molar refractivity (Wildman–Crippen MR) is 70.3 cm³/mol. The molecule has 3 aliphatic rings. The summed E-state index contributed by atoms with van der Waals surface area (Å²) in [6, 6.07) is 2.26. The molecule has 4 rings (SSSR count). The molecule has 0 aromatic carbocycles. The molecule has 0 atom stereocenters. The van der Waals surface area contributed by atoms with Crippen LogP contribution in [0.4, 0.5) is 0 Å². The van der Waals surface area contributed by atoms with E-state index in [9.17, 15) is 0 Å². The molecule has 0 saturated heterocycles. The van der Waals surface area contributed by atoms with Crippen LogP contribution in [0.3, 0.4) is 0 Å². The smallest absolute Gasteiger partial charge is 0.148 e. The molecule has 1 aromatic heterocycles. The van der Waals surface area contributed by atoms with Crippen LogP contribution in [0.2, 0.25) is 0 Å². The molecule has 18 heavy (non-hydrogen) atoms. The number of aromatic nitrogens is 2.